The number of para-hydroxylation sites is 1. The van der Waals surface area contributed by atoms with Gasteiger partial charge in [0.15, 0.2) is 0 Å². The van der Waals surface area contributed by atoms with Crippen LogP contribution in [0, 0.1) is 12.7 Å². The zero-order valence-corrected chi connectivity index (χ0v) is 16.4. The number of urea groups is 1. The fourth-order valence-electron chi connectivity index (χ4n) is 3.99. The van der Waals surface area contributed by atoms with E-state index in [0.717, 1.165) is 42.1 Å². The number of aromatic amines is 1. The van der Waals surface area contributed by atoms with Crippen molar-refractivity contribution >= 4 is 22.6 Å². The van der Waals surface area contributed by atoms with Crippen LogP contribution in [0.15, 0.2) is 53.3 Å². The van der Waals surface area contributed by atoms with Crippen LogP contribution in [0.3, 0.4) is 0 Å². The lowest BCUT2D eigenvalue weighted by atomic mass is 10.1. The quantitative estimate of drug-likeness (QED) is 0.658. The predicted octanol–water partition coefficient (Wildman–Crippen LogP) is 4.95. The van der Waals surface area contributed by atoms with Crippen molar-refractivity contribution in [3.63, 3.8) is 0 Å². The van der Waals surface area contributed by atoms with Crippen LogP contribution in [0.4, 0.5) is 14.9 Å². The topological polar surface area (TPSA) is 65.2 Å². The van der Waals surface area contributed by atoms with Crippen molar-refractivity contribution in [3.05, 3.63) is 75.8 Å². The van der Waals surface area contributed by atoms with Gasteiger partial charge in [0.1, 0.15) is 5.82 Å². The van der Waals surface area contributed by atoms with Crippen LogP contribution >= 0.6 is 0 Å². The molecule has 0 saturated heterocycles. The lowest BCUT2D eigenvalue weighted by Gasteiger charge is -2.29. The first-order valence-corrected chi connectivity index (χ1v) is 9.96. The molecule has 2 amide bonds. The highest BCUT2D eigenvalue weighted by atomic mass is 19.1. The summed E-state index contributed by atoms with van der Waals surface area (Å²) in [6.07, 6.45) is 3.85. The molecule has 1 heterocycles. The lowest BCUT2D eigenvalue weighted by molar-refractivity contribution is 0.184. The van der Waals surface area contributed by atoms with E-state index in [0.29, 0.717) is 5.56 Å². The molecule has 29 heavy (non-hydrogen) atoms. The summed E-state index contributed by atoms with van der Waals surface area (Å²) >= 11 is 0. The number of hydrogen-bond acceptors (Lipinski definition) is 2. The Hall–Kier alpha value is -3.15. The van der Waals surface area contributed by atoms with Gasteiger partial charge >= 0.3 is 6.03 Å². The molecule has 1 fully saturated rings. The average Bonchev–Trinajstić information content (AvgIpc) is 3.22. The monoisotopic (exact) mass is 393 g/mol. The summed E-state index contributed by atoms with van der Waals surface area (Å²) < 4.78 is 14.0. The number of hydrogen-bond donors (Lipinski definition) is 2. The fraction of sp³-hybridized carbons (Fsp3) is 0.304. The number of nitrogens with one attached hydrogen (secondary N) is 2. The SMILES string of the molecule is Cc1ccc2cc(CN(C(=O)Nc3ccccc3F)C3CCCC3)c(=O)[nH]c2c1. The van der Waals surface area contributed by atoms with E-state index in [1.807, 2.05) is 31.2 Å². The minimum absolute atomic E-state index is 0.0369. The number of benzene rings is 2. The van der Waals surface area contributed by atoms with Crippen LogP contribution in [0.1, 0.15) is 36.8 Å². The molecular formula is C23H24FN3O2. The molecule has 2 aromatic carbocycles. The Balaban J connectivity index is 1.64. The molecule has 5 nitrogen and oxygen atoms in total. The van der Waals surface area contributed by atoms with E-state index in [4.69, 9.17) is 0 Å². The van der Waals surface area contributed by atoms with Crippen LogP contribution in [0.2, 0.25) is 0 Å². The molecular weight excluding hydrogens is 369 g/mol. The third kappa shape index (κ3) is 4.16. The summed E-state index contributed by atoms with van der Waals surface area (Å²) in [5, 5.41) is 3.59. The van der Waals surface area contributed by atoms with E-state index in [1.165, 1.54) is 12.1 Å². The maximum Gasteiger partial charge on any atom is 0.322 e. The normalized spacial score (nSPS) is 14.3. The zero-order valence-electron chi connectivity index (χ0n) is 16.4. The number of rotatable bonds is 4. The maximum absolute atomic E-state index is 14.0. The number of anilines is 1. The van der Waals surface area contributed by atoms with E-state index >= 15 is 0 Å². The van der Waals surface area contributed by atoms with Gasteiger partial charge in [-0.3, -0.25) is 4.79 Å². The summed E-state index contributed by atoms with van der Waals surface area (Å²) in [5.74, 6) is -0.480. The van der Waals surface area contributed by atoms with Gasteiger partial charge in [-0.15, -0.1) is 0 Å². The first kappa shape index (κ1) is 19.2. The molecule has 0 radical (unpaired) electrons. The second-order valence-corrected chi connectivity index (χ2v) is 7.69. The fourth-order valence-corrected chi connectivity index (χ4v) is 3.99. The third-order valence-electron chi connectivity index (χ3n) is 5.56. The van der Waals surface area contributed by atoms with Crippen LogP contribution in [-0.2, 0) is 6.54 Å². The van der Waals surface area contributed by atoms with E-state index in [2.05, 4.69) is 10.3 Å². The molecule has 4 rings (SSSR count). The Bertz CT molecular complexity index is 1100. The summed E-state index contributed by atoms with van der Waals surface area (Å²) in [4.78, 5) is 30.3. The van der Waals surface area contributed by atoms with Crippen molar-refractivity contribution in [1.82, 2.24) is 9.88 Å². The van der Waals surface area contributed by atoms with Crippen molar-refractivity contribution in [2.24, 2.45) is 0 Å². The molecule has 150 valence electrons. The standard InChI is InChI=1S/C23H24FN3O2/c1-15-10-11-16-13-17(22(28)25-21(16)12-15)14-27(18-6-2-3-7-18)23(29)26-20-9-5-4-8-19(20)24/h4-5,8-13,18H,2-3,6-7,14H2,1H3,(H,25,28)(H,26,29). The number of aromatic nitrogens is 1. The molecule has 0 atom stereocenters. The number of fused-ring (bicyclic) bond motifs is 1. The van der Waals surface area contributed by atoms with Gasteiger partial charge in [-0.25, -0.2) is 9.18 Å². The molecule has 0 unspecified atom stereocenters. The Kier molecular flexibility index (Phi) is 5.34. The van der Waals surface area contributed by atoms with Crippen LogP contribution in [0.25, 0.3) is 10.9 Å². The van der Waals surface area contributed by atoms with Gasteiger partial charge in [0.2, 0.25) is 0 Å². The molecule has 3 aromatic rings. The van der Waals surface area contributed by atoms with E-state index in [-0.39, 0.29) is 29.9 Å². The molecule has 1 aromatic heterocycles. The molecule has 0 bridgehead atoms. The Morgan fingerprint density at radius 2 is 1.93 bits per heavy atom. The summed E-state index contributed by atoms with van der Waals surface area (Å²) in [6.45, 7) is 2.16. The number of aryl methyl sites for hydroxylation is 1. The number of carbonyl (C=O) groups is 1. The van der Waals surface area contributed by atoms with Gasteiger partial charge in [0, 0.05) is 17.1 Å². The number of nitrogens with zero attached hydrogens (tertiary/aromatic N) is 1. The largest absolute Gasteiger partial charge is 0.322 e. The number of pyridine rings is 1. The molecule has 0 aliphatic heterocycles. The second kappa shape index (κ2) is 8.07. The summed E-state index contributed by atoms with van der Waals surface area (Å²) in [7, 11) is 0. The first-order valence-electron chi connectivity index (χ1n) is 9.96. The molecule has 0 spiro atoms. The molecule has 1 aliphatic carbocycles. The Labute approximate surface area is 168 Å². The average molecular weight is 393 g/mol. The van der Waals surface area contributed by atoms with E-state index < -0.39 is 5.82 Å². The minimum Gasteiger partial charge on any atom is -0.322 e. The Morgan fingerprint density at radius 1 is 1.17 bits per heavy atom. The molecule has 6 heteroatoms. The second-order valence-electron chi connectivity index (χ2n) is 7.69. The predicted molar refractivity (Wildman–Crippen MR) is 113 cm³/mol. The van der Waals surface area contributed by atoms with Gasteiger partial charge in [-0.2, -0.15) is 0 Å². The highest BCUT2D eigenvalue weighted by Crippen LogP contribution is 2.26. The van der Waals surface area contributed by atoms with Crippen LogP contribution < -0.4 is 10.9 Å². The maximum atomic E-state index is 14.0. The molecule has 1 aliphatic rings. The van der Waals surface area contributed by atoms with Gasteiger partial charge in [0.05, 0.1) is 12.2 Å². The highest BCUT2D eigenvalue weighted by molar-refractivity contribution is 5.89. The highest BCUT2D eigenvalue weighted by Gasteiger charge is 2.28. The van der Waals surface area contributed by atoms with Gasteiger partial charge in [-0.05, 0) is 55.0 Å². The number of H-pyrrole nitrogens is 1. The summed E-state index contributed by atoms with van der Waals surface area (Å²) in [6, 6.07) is 13.5. The Morgan fingerprint density at radius 3 is 2.69 bits per heavy atom. The smallest absolute Gasteiger partial charge is 0.322 e. The minimum atomic E-state index is -0.480. The van der Waals surface area contributed by atoms with E-state index in [9.17, 15) is 14.0 Å². The number of carbonyl (C=O) groups excluding carboxylic acids is 1. The van der Waals surface area contributed by atoms with Crippen molar-refractivity contribution < 1.29 is 9.18 Å². The van der Waals surface area contributed by atoms with Crippen molar-refractivity contribution in [2.45, 2.75) is 45.2 Å². The van der Waals surface area contributed by atoms with Crippen molar-refractivity contribution in [1.29, 1.82) is 0 Å². The van der Waals surface area contributed by atoms with Crippen molar-refractivity contribution in [2.75, 3.05) is 5.32 Å². The summed E-state index contributed by atoms with van der Waals surface area (Å²) in [5.41, 5.74) is 2.31. The van der Waals surface area contributed by atoms with Gasteiger partial charge in [0.25, 0.3) is 5.56 Å². The third-order valence-corrected chi connectivity index (χ3v) is 5.56. The van der Waals surface area contributed by atoms with Gasteiger partial charge in [-0.1, -0.05) is 37.1 Å². The molecule has 1 saturated carbocycles. The van der Waals surface area contributed by atoms with Crippen LogP contribution in [-0.4, -0.2) is 22.0 Å². The number of amides is 2. The zero-order chi connectivity index (χ0) is 20.4. The number of halogens is 1. The lowest BCUT2D eigenvalue weighted by Crippen LogP contribution is -2.42. The van der Waals surface area contributed by atoms with Crippen molar-refractivity contribution in [3.8, 4) is 0 Å². The molecule has 2 N–H and O–H groups in total. The van der Waals surface area contributed by atoms with Gasteiger partial charge < -0.3 is 15.2 Å². The van der Waals surface area contributed by atoms with Crippen LogP contribution in [0.5, 0.6) is 0 Å². The first-order chi connectivity index (χ1) is 14.0. The van der Waals surface area contributed by atoms with E-state index in [1.54, 1.807) is 17.0 Å².